The first-order valence-electron chi connectivity index (χ1n) is 18.2. The molecule has 1 aromatic heterocycles. The lowest BCUT2D eigenvalue weighted by Gasteiger charge is -2.43. The van der Waals surface area contributed by atoms with Gasteiger partial charge < -0.3 is 23.7 Å². The number of nitrogens with zero attached hydrogens (tertiary/aromatic N) is 5. The molecule has 2 saturated heterocycles. The fraction of sp³-hybridized carbons (Fsp3) is 0.553. The second-order valence-electron chi connectivity index (χ2n) is 15.8. The van der Waals surface area contributed by atoms with E-state index in [0.29, 0.717) is 51.1 Å². The number of halogens is 4. The molecule has 0 unspecified atom stereocenters. The normalized spacial score (nSPS) is 18.6. The number of hydrogen-bond donors (Lipinski definition) is 0. The molecule has 4 heterocycles. The minimum Gasteiger partial charge on any atom is -0.482 e. The molecule has 54 heavy (non-hydrogen) atoms. The number of benzene rings is 2. The lowest BCUT2D eigenvalue weighted by atomic mass is 9.69. The molecule has 1 amide bonds. The van der Waals surface area contributed by atoms with Crippen molar-refractivity contribution in [1.82, 2.24) is 25.1 Å². The monoisotopic (exact) mass is 817 g/mol. The minimum atomic E-state index is -4.73. The molecular weight excluding hydrogens is 770 g/mol. The number of tetrazole rings is 1. The van der Waals surface area contributed by atoms with Crippen LogP contribution < -0.4 is 4.74 Å². The number of ketones is 1. The highest BCUT2D eigenvalue weighted by atomic mass is 79.9. The van der Waals surface area contributed by atoms with Gasteiger partial charge in [-0.25, -0.2) is 4.79 Å². The summed E-state index contributed by atoms with van der Waals surface area (Å²) in [5.41, 5.74) is 1.00. The molecule has 0 bridgehead atoms. The van der Waals surface area contributed by atoms with Crippen LogP contribution in [0.4, 0.5) is 18.0 Å². The van der Waals surface area contributed by atoms with Gasteiger partial charge in [0.05, 0.1) is 17.7 Å². The van der Waals surface area contributed by atoms with E-state index in [1.54, 1.807) is 4.90 Å². The number of carbonyl (C=O) groups is 2. The third-order valence-corrected chi connectivity index (χ3v) is 10.4. The Bertz CT molecular complexity index is 1800. The Kier molecular flexibility index (Phi) is 12.4. The molecule has 11 nitrogen and oxygen atoms in total. The number of rotatable bonds is 8. The van der Waals surface area contributed by atoms with Gasteiger partial charge in [-0.05, 0) is 108 Å². The fourth-order valence-corrected chi connectivity index (χ4v) is 6.38. The van der Waals surface area contributed by atoms with E-state index in [4.69, 9.17) is 18.8 Å². The zero-order valence-corrected chi connectivity index (χ0v) is 33.4. The number of aryl methyl sites for hydroxylation is 1. The van der Waals surface area contributed by atoms with Gasteiger partial charge in [-0.2, -0.15) is 18.0 Å². The number of hydrogen-bond acceptors (Lipinski definition) is 9. The van der Waals surface area contributed by atoms with Crippen LogP contribution in [-0.2, 0) is 25.4 Å². The van der Waals surface area contributed by atoms with Crippen LogP contribution >= 0.6 is 15.9 Å². The van der Waals surface area contributed by atoms with E-state index in [2.05, 4.69) is 71.2 Å². The van der Waals surface area contributed by atoms with Gasteiger partial charge in [-0.3, -0.25) is 4.79 Å². The van der Waals surface area contributed by atoms with E-state index in [-0.39, 0.29) is 12.5 Å². The van der Waals surface area contributed by atoms with Gasteiger partial charge in [0.25, 0.3) is 0 Å². The highest BCUT2D eigenvalue weighted by Crippen LogP contribution is 2.46. The van der Waals surface area contributed by atoms with E-state index >= 15 is 0 Å². The van der Waals surface area contributed by atoms with Gasteiger partial charge in [0.2, 0.25) is 11.6 Å². The van der Waals surface area contributed by atoms with Crippen LogP contribution in [0.15, 0.2) is 59.1 Å². The summed E-state index contributed by atoms with van der Waals surface area (Å²) < 4.78 is 61.8. The van der Waals surface area contributed by atoms with Crippen molar-refractivity contribution in [3.05, 3.63) is 64.6 Å². The van der Waals surface area contributed by atoms with Crippen LogP contribution in [0, 0.1) is 0 Å². The molecular formula is C38H48BBrF3N5O6. The maximum Gasteiger partial charge on any atom is 0.495 e. The topological polar surface area (TPSA) is 118 Å². The number of alkyl halides is 3. The SMILES string of the molecule is CC(C)(C)OC(=O)N1CCC2(C=C(B3OC(C)(C)C(C)(C)O3)c3ccccc3O2)CC1.O=C(CCCCCn1nnc(-c2ccc(Br)cc2)n1)C(F)(F)F. The number of ether oxygens (including phenoxy) is 2. The van der Waals surface area contributed by atoms with Crippen LogP contribution in [-0.4, -0.2) is 85.8 Å². The number of para-hydroxylation sites is 1. The number of Topliss-reactive ketones (excluding diaryl/α,β-unsaturated/α-hetero) is 1. The van der Waals surface area contributed by atoms with E-state index in [9.17, 15) is 22.8 Å². The van der Waals surface area contributed by atoms with Gasteiger partial charge in [0.1, 0.15) is 17.0 Å². The molecule has 0 atom stereocenters. The summed E-state index contributed by atoms with van der Waals surface area (Å²) in [5, 5.41) is 12.1. The third kappa shape index (κ3) is 10.3. The maximum absolute atomic E-state index is 12.5. The summed E-state index contributed by atoms with van der Waals surface area (Å²) in [5.74, 6) is -0.348. The van der Waals surface area contributed by atoms with Gasteiger partial charge in [-0.1, -0.05) is 40.5 Å². The molecule has 6 rings (SSSR count). The van der Waals surface area contributed by atoms with Gasteiger partial charge in [-0.15, -0.1) is 10.2 Å². The average molecular weight is 819 g/mol. The predicted octanol–water partition coefficient (Wildman–Crippen LogP) is 8.66. The van der Waals surface area contributed by atoms with Crippen molar-refractivity contribution in [2.75, 3.05) is 13.1 Å². The van der Waals surface area contributed by atoms with Crippen LogP contribution in [0.1, 0.15) is 92.6 Å². The summed E-state index contributed by atoms with van der Waals surface area (Å²) in [6, 6.07) is 15.5. The Balaban J connectivity index is 0.000000218. The molecule has 0 saturated carbocycles. The molecule has 0 radical (unpaired) electrons. The quantitative estimate of drug-likeness (QED) is 0.163. The molecule has 292 valence electrons. The van der Waals surface area contributed by atoms with Crippen molar-refractivity contribution in [2.45, 2.75) is 122 Å². The minimum absolute atomic E-state index is 0.201. The maximum atomic E-state index is 12.5. The molecule has 3 aromatic rings. The standard InChI is InChI=1S/C24H34BNO5.C14H14BrF3N4O/c1-21(2,3)29-20(27)26-14-12-24(13-15-26)16-18(17-10-8-9-11-19(17)28-24)25-30-22(4,5)23(6,7)31-25;15-11-7-5-10(6-8-11)13-19-21-22(20-13)9-3-1-2-4-12(23)14(16,17)18/h8-11,16H,12-15H2,1-7H3;5-8H,1-4,9H2. The number of unbranched alkanes of at least 4 members (excludes halogenated alkanes) is 2. The van der Waals surface area contributed by atoms with Crippen molar-refractivity contribution in [2.24, 2.45) is 0 Å². The molecule has 3 aliphatic heterocycles. The highest BCUT2D eigenvalue weighted by Gasteiger charge is 2.54. The fourth-order valence-electron chi connectivity index (χ4n) is 6.12. The molecule has 2 fully saturated rings. The van der Waals surface area contributed by atoms with Gasteiger partial charge in [0.15, 0.2) is 0 Å². The highest BCUT2D eigenvalue weighted by molar-refractivity contribution is 9.10. The van der Waals surface area contributed by atoms with Gasteiger partial charge >= 0.3 is 19.4 Å². The van der Waals surface area contributed by atoms with Crippen molar-refractivity contribution in [1.29, 1.82) is 0 Å². The average Bonchev–Trinajstić information content (AvgIpc) is 3.64. The largest absolute Gasteiger partial charge is 0.495 e. The summed E-state index contributed by atoms with van der Waals surface area (Å²) in [7, 11) is -0.462. The summed E-state index contributed by atoms with van der Waals surface area (Å²) in [4.78, 5) is 26.4. The molecule has 16 heteroatoms. The predicted molar refractivity (Wildman–Crippen MR) is 201 cm³/mol. The number of aromatic nitrogens is 4. The first-order valence-corrected chi connectivity index (χ1v) is 18.9. The second-order valence-corrected chi connectivity index (χ2v) is 16.7. The Hall–Kier alpha value is -3.76. The van der Waals surface area contributed by atoms with Gasteiger partial charge in [0, 0.05) is 48.0 Å². The number of carbonyl (C=O) groups excluding carboxylic acids is 2. The van der Waals surface area contributed by atoms with Crippen LogP contribution in [0.25, 0.3) is 16.9 Å². The zero-order valence-electron chi connectivity index (χ0n) is 31.8. The lowest BCUT2D eigenvalue weighted by Crippen LogP contribution is -2.51. The van der Waals surface area contributed by atoms with Crippen LogP contribution in [0.2, 0.25) is 0 Å². The molecule has 0 aliphatic carbocycles. The smallest absolute Gasteiger partial charge is 0.482 e. The third-order valence-electron chi connectivity index (χ3n) is 9.83. The summed E-state index contributed by atoms with van der Waals surface area (Å²) >= 11 is 3.34. The molecule has 2 aromatic carbocycles. The number of piperidine rings is 1. The summed E-state index contributed by atoms with van der Waals surface area (Å²) in [6.07, 6.45) is -0.651. The molecule has 1 spiro atoms. The first-order chi connectivity index (χ1) is 25.2. The van der Waals surface area contributed by atoms with Crippen LogP contribution in [0.5, 0.6) is 5.75 Å². The zero-order chi connectivity index (χ0) is 39.5. The summed E-state index contributed by atoms with van der Waals surface area (Å²) in [6.45, 7) is 15.5. The Morgan fingerprint density at radius 2 is 1.56 bits per heavy atom. The van der Waals surface area contributed by atoms with E-state index < -0.39 is 47.9 Å². The Morgan fingerprint density at radius 1 is 0.926 bits per heavy atom. The van der Waals surface area contributed by atoms with Crippen LogP contribution in [0.3, 0.4) is 0 Å². The Labute approximate surface area is 323 Å². The first kappa shape index (κ1) is 41.4. The van der Waals surface area contributed by atoms with E-state index in [1.807, 2.05) is 63.2 Å². The number of amides is 1. The van der Waals surface area contributed by atoms with Crippen molar-refractivity contribution in [3.63, 3.8) is 0 Å². The van der Waals surface area contributed by atoms with Crippen molar-refractivity contribution >= 4 is 40.4 Å². The number of likely N-dealkylation sites (tertiary alicyclic amines) is 1. The molecule has 3 aliphatic rings. The molecule has 0 N–H and O–H groups in total. The van der Waals surface area contributed by atoms with E-state index in [1.165, 1.54) is 4.80 Å². The van der Waals surface area contributed by atoms with Crippen molar-refractivity contribution < 1.29 is 41.5 Å². The van der Waals surface area contributed by atoms with Crippen molar-refractivity contribution in [3.8, 4) is 17.1 Å². The Morgan fingerprint density at radius 3 is 2.17 bits per heavy atom. The number of fused-ring (bicyclic) bond motifs is 1. The van der Waals surface area contributed by atoms with E-state index in [0.717, 1.165) is 26.8 Å². The second kappa shape index (κ2) is 16.2. The lowest BCUT2D eigenvalue weighted by molar-refractivity contribution is -0.171.